The lowest BCUT2D eigenvalue weighted by Gasteiger charge is -2.30. The van der Waals surface area contributed by atoms with Crippen LogP contribution in [0.4, 0.5) is 14.8 Å². The van der Waals surface area contributed by atoms with Crippen molar-refractivity contribution in [3.8, 4) is 0 Å². The monoisotopic (exact) mass is 279 g/mol. The van der Waals surface area contributed by atoms with Crippen molar-refractivity contribution < 1.29 is 13.3 Å². The molecule has 0 bridgehead atoms. The van der Waals surface area contributed by atoms with Gasteiger partial charge in [0.25, 0.3) is 0 Å². The second-order valence-electron chi connectivity index (χ2n) is 5.11. The molecule has 0 atom stereocenters. The predicted octanol–water partition coefficient (Wildman–Crippen LogP) is 2.81. The van der Waals surface area contributed by atoms with Gasteiger partial charge < -0.3 is 9.42 Å². The molecular weight excluding hydrogens is 264 g/mol. The topological polar surface area (TPSA) is 42.2 Å². The summed E-state index contributed by atoms with van der Waals surface area (Å²) in [5.74, 6) is -1.09. The van der Waals surface area contributed by atoms with Gasteiger partial charge in [-0.15, -0.1) is 0 Å². The maximum absolute atomic E-state index is 13.2. The van der Waals surface area contributed by atoms with Crippen molar-refractivity contribution in [1.82, 2.24) is 10.1 Å². The molecule has 2 aromatic rings. The number of hydrogen-bond donors (Lipinski definition) is 0. The molecule has 0 spiro atoms. The number of anilines is 1. The first-order chi connectivity index (χ1) is 9.72. The molecule has 1 aliphatic heterocycles. The van der Waals surface area contributed by atoms with Gasteiger partial charge in [-0.1, -0.05) is 11.2 Å². The number of hydrogen-bond acceptors (Lipinski definition) is 4. The lowest BCUT2D eigenvalue weighted by Crippen LogP contribution is -2.34. The van der Waals surface area contributed by atoms with Gasteiger partial charge in [0, 0.05) is 13.1 Å². The first-order valence-corrected chi connectivity index (χ1v) is 6.68. The van der Waals surface area contributed by atoms with E-state index in [4.69, 9.17) is 4.52 Å². The fourth-order valence-electron chi connectivity index (χ4n) is 2.63. The molecule has 1 aromatic heterocycles. The molecule has 1 saturated heterocycles. The summed E-state index contributed by atoms with van der Waals surface area (Å²) in [6.45, 7) is 1.69. The molecule has 0 N–H and O–H groups in total. The van der Waals surface area contributed by atoms with Gasteiger partial charge in [-0.2, -0.15) is 4.98 Å². The Morgan fingerprint density at radius 1 is 1.20 bits per heavy atom. The molecule has 1 aromatic carbocycles. The van der Waals surface area contributed by atoms with Gasteiger partial charge in [0.15, 0.2) is 18.0 Å². The van der Waals surface area contributed by atoms with Crippen LogP contribution < -0.4 is 4.90 Å². The van der Waals surface area contributed by atoms with E-state index >= 15 is 0 Å². The number of rotatable bonds is 3. The van der Waals surface area contributed by atoms with E-state index in [0.29, 0.717) is 11.9 Å². The number of halogens is 2. The number of aromatic nitrogens is 2. The Labute approximate surface area is 115 Å². The Morgan fingerprint density at radius 3 is 2.65 bits per heavy atom. The third-order valence-corrected chi connectivity index (χ3v) is 3.74. The average Bonchev–Trinajstić information content (AvgIpc) is 2.98. The molecule has 0 aliphatic carbocycles. The van der Waals surface area contributed by atoms with E-state index in [1.807, 2.05) is 0 Å². The first kappa shape index (κ1) is 13.0. The third-order valence-electron chi connectivity index (χ3n) is 3.74. The van der Waals surface area contributed by atoms with E-state index < -0.39 is 11.6 Å². The smallest absolute Gasteiger partial charge is 0.323 e. The summed E-state index contributed by atoms with van der Waals surface area (Å²) >= 11 is 0. The van der Waals surface area contributed by atoms with Crippen LogP contribution in [-0.2, 0) is 6.42 Å². The van der Waals surface area contributed by atoms with E-state index in [1.165, 1.54) is 18.5 Å². The van der Waals surface area contributed by atoms with Crippen LogP contribution in [-0.4, -0.2) is 23.2 Å². The molecule has 6 heteroatoms. The highest BCUT2D eigenvalue weighted by molar-refractivity contribution is 5.25. The molecule has 0 unspecified atom stereocenters. The molecule has 1 fully saturated rings. The zero-order valence-electron chi connectivity index (χ0n) is 10.9. The minimum absolute atomic E-state index is 0.471. The second-order valence-corrected chi connectivity index (χ2v) is 5.11. The van der Waals surface area contributed by atoms with Gasteiger partial charge in [-0.05, 0) is 42.9 Å². The van der Waals surface area contributed by atoms with E-state index in [9.17, 15) is 8.78 Å². The fourth-order valence-corrected chi connectivity index (χ4v) is 2.63. The third kappa shape index (κ3) is 2.79. The molecule has 0 saturated carbocycles. The summed E-state index contributed by atoms with van der Waals surface area (Å²) in [4.78, 5) is 6.08. The summed E-state index contributed by atoms with van der Waals surface area (Å²) in [6.07, 6.45) is 4.11. The van der Waals surface area contributed by atoms with E-state index in [0.717, 1.165) is 37.9 Å². The van der Waals surface area contributed by atoms with Crippen LogP contribution in [0.5, 0.6) is 0 Å². The Kier molecular flexibility index (Phi) is 3.62. The molecule has 2 heterocycles. The second kappa shape index (κ2) is 5.56. The normalized spacial score (nSPS) is 16.6. The van der Waals surface area contributed by atoms with Crippen LogP contribution >= 0.6 is 0 Å². The molecular formula is C14H15F2N3O. The molecule has 1 aliphatic rings. The lowest BCUT2D eigenvalue weighted by atomic mass is 9.90. The van der Waals surface area contributed by atoms with Crippen molar-refractivity contribution in [3.63, 3.8) is 0 Å². The van der Waals surface area contributed by atoms with Crippen LogP contribution in [0.25, 0.3) is 0 Å². The van der Waals surface area contributed by atoms with E-state index in [-0.39, 0.29) is 0 Å². The van der Waals surface area contributed by atoms with Gasteiger partial charge in [0.1, 0.15) is 0 Å². The maximum Gasteiger partial charge on any atom is 0.323 e. The highest BCUT2D eigenvalue weighted by atomic mass is 19.2. The minimum Gasteiger partial charge on any atom is -0.324 e. The van der Waals surface area contributed by atoms with Crippen molar-refractivity contribution in [2.24, 2.45) is 5.92 Å². The highest BCUT2D eigenvalue weighted by Crippen LogP contribution is 2.24. The molecule has 4 nitrogen and oxygen atoms in total. The van der Waals surface area contributed by atoms with Crippen molar-refractivity contribution >= 4 is 6.01 Å². The Morgan fingerprint density at radius 2 is 2.00 bits per heavy atom. The van der Waals surface area contributed by atoms with Crippen LogP contribution in [0.3, 0.4) is 0 Å². The van der Waals surface area contributed by atoms with Gasteiger partial charge in [-0.3, -0.25) is 0 Å². The average molecular weight is 279 g/mol. The van der Waals surface area contributed by atoms with Crippen LogP contribution in [0, 0.1) is 17.6 Å². The Bertz CT molecular complexity index is 566. The molecule has 3 rings (SSSR count). The summed E-state index contributed by atoms with van der Waals surface area (Å²) in [5, 5.41) is 3.60. The van der Waals surface area contributed by atoms with Crippen molar-refractivity contribution in [2.45, 2.75) is 19.3 Å². The van der Waals surface area contributed by atoms with Gasteiger partial charge in [-0.25, -0.2) is 8.78 Å². The van der Waals surface area contributed by atoms with Crippen molar-refractivity contribution in [1.29, 1.82) is 0 Å². The summed E-state index contributed by atoms with van der Waals surface area (Å²) in [5.41, 5.74) is 0.847. The van der Waals surface area contributed by atoms with Crippen LogP contribution in [0.15, 0.2) is 29.0 Å². The summed E-state index contributed by atoms with van der Waals surface area (Å²) in [6, 6.07) is 4.69. The Hall–Kier alpha value is -1.98. The van der Waals surface area contributed by atoms with E-state index in [1.54, 1.807) is 6.07 Å². The van der Waals surface area contributed by atoms with Gasteiger partial charge in [0.05, 0.1) is 0 Å². The summed E-state index contributed by atoms with van der Waals surface area (Å²) < 4.78 is 31.1. The first-order valence-electron chi connectivity index (χ1n) is 6.68. The fraction of sp³-hybridized carbons (Fsp3) is 0.429. The largest absolute Gasteiger partial charge is 0.324 e. The lowest BCUT2D eigenvalue weighted by molar-refractivity contribution is 0.361. The SMILES string of the molecule is Fc1ccc(CC2CCN(c3ncno3)CC2)cc1F. The van der Waals surface area contributed by atoms with Crippen molar-refractivity contribution in [3.05, 3.63) is 41.7 Å². The molecule has 20 heavy (non-hydrogen) atoms. The maximum atomic E-state index is 13.2. The van der Waals surface area contributed by atoms with Gasteiger partial charge in [0.2, 0.25) is 0 Å². The zero-order valence-corrected chi connectivity index (χ0v) is 10.9. The molecule has 0 radical (unpaired) electrons. The standard InChI is InChI=1S/C14H15F2N3O/c15-12-2-1-11(8-13(12)16)7-10-3-5-19(6-4-10)14-17-9-18-20-14/h1-2,8-10H,3-7H2. The van der Waals surface area contributed by atoms with Gasteiger partial charge >= 0.3 is 6.01 Å². The predicted molar refractivity (Wildman–Crippen MR) is 69.3 cm³/mol. The Balaban J connectivity index is 1.57. The highest BCUT2D eigenvalue weighted by Gasteiger charge is 2.22. The van der Waals surface area contributed by atoms with Crippen LogP contribution in [0.2, 0.25) is 0 Å². The van der Waals surface area contributed by atoms with E-state index in [2.05, 4.69) is 15.0 Å². The number of benzene rings is 1. The number of piperidine rings is 1. The molecule has 106 valence electrons. The minimum atomic E-state index is -0.792. The number of nitrogens with zero attached hydrogens (tertiary/aromatic N) is 3. The summed E-state index contributed by atoms with van der Waals surface area (Å²) in [7, 11) is 0. The quantitative estimate of drug-likeness (QED) is 0.866. The molecule has 0 amide bonds. The zero-order chi connectivity index (χ0) is 13.9. The van der Waals surface area contributed by atoms with Crippen molar-refractivity contribution in [2.75, 3.05) is 18.0 Å². The van der Waals surface area contributed by atoms with Crippen LogP contribution in [0.1, 0.15) is 18.4 Å².